The van der Waals surface area contributed by atoms with Gasteiger partial charge in [-0.15, -0.1) is 11.3 Å². The smallest absolute Gasteiger partial charge is 0.0791 e. The molecule has 5 heteroatoms. The maximum absolute atomic E-state index is 4.99. The largest absolute Gasteiger partial charge is 0.369 e. The van der Waals surface area contributed by atoms with Crippen LogP contribution >= 0.6 is 11.3 Å². The van der Waals surface area contributed by atoms with Crippen LogP contribution in [0, 0.1) is 13.8 Å². The SMILES string of the molecule is Cc1ccc(N2CCN(CCCc3cc(-c4cccs4)n(C(C)(C)C)n3)CC2)c(C)c1. The maximum atomic E-state index is 4.99. The van der Waals surface area contributed by atoms with Crippen molar-refractivity contribution >= 4 is 17.0 Å². The summed E-state index contributed by atoms with van der Waals surface area (Å²) in [6, 6.07) is 13.4. The van der Waals surface area contributed by atoms with Crippen molar-refractivity contribution < 1.29 is 0 Å². The predicted molar refractivity (Wildman–Crippen MR) is 133 cm³/mol. The van der Waals surface area contributed by atoms with Crippen molar-refractivity contribution in [2.45, 2.75) is 53.0 Å². The number of anilines is 1. The Hall–Kier alpha value is -2.11. The van der Waals surface area contributed by atoms with Gasteiger partial charge >= 0.3 is 0 Å². The molecule has 1 aliphatic rings. The highest BCUT2D eigenvalue weighted by Crippen LogP contribution is 2.30. The number of hydrogen-bond donors (Lipinski definition) is 0. The quantitative estimate of drug-likeness (QED) is 0.492. The summed E-state index contributed by atoms with van der Waals surface area (Å²) in [4.78, 5) is 6.46. The van der Waals surface area contributed by atoms with Crippen molar-refractivity contribution in [1.29, 1.82) is 0 Å². The lowest BCUT2D eigenvalue weighted by Crippen LogP contribution is -2.46. The van der Waals surface area contributed by atoms with Gasteiger partial charge in [-0.1, -0.05) is 23.8 Å². The van der Waals surface area contributed by atoms with Gasteiger partial charge in [0.25, 0.3) is 0 Å². The number of nitrogens with zero attached hydrogens (tertiary/aromatic N) is 4. The number of piperazine rings is 1. The van der Waals surface area contributed by atoms with Crippen LogP contribution < -0.4 is 4.90 Å². The first-order valence-corrected chi connectivity index (χ1v) is 12.4. The Balaban J connectivity index is 1.31. The molecule has 4 rings (SSSR count). The fourth-order valence-corrected chi connectivity index (χ4v) is 5.25. The third-order valence-corrected chi connectivity index (χ3v) is 7.03. The lowest BCUT2D eigenvalue weighted by atomic mass is 10.1. The summed E-state index contributed by atoms with van der Waals surface area (Å²) in [7, 11) is 0. The third kappa shape index (κ3) is 5.21. The van der Waals surface area contributed by atoms with Crippen LogP contribution in [0.1, 0.15) is 44.0 Å². The molecule has 4 nitrogen and oxygen atoms in total. The number of hydrogen-bond acceptors (Lipinski definition) is 4. The molecule has 3 heterocycles. The van der Waals surface area contributed by atoms with E-state index in [4.69, 9.17) is 5.10 Å². The molecule has 0 radical (unpaired) electrons. The van der Waals surface area contributed by atoms with Gasteiger partial charge in [0.05, 0.1) is 21.8 Å². The molecule has 0 spiro atoms. The van der Waals surface area contributed by atoms with Crippen LogP contribution in [0.25, 0.3) is 10.6 Å². The van der Waals surface area contributed by atoms with Gasteiger partial charge in [0, 0.05) is 31.9 Å². The molecule has 0 unspecified atom stereocenters. The molecule has 0 bridgehead atoms. The Morgan fingerprint density at radius 3 is 2.42 bits per heavy atom. The molecular formula is C26H36N4S. The number of rotatable bonds is 6. The van der Waals surface area contributed by atoms with Gasteiger partial charge in [0.2, 0.25) is 0 Å². The molecule has 3 aromatic rings. The Bertz CT molecular complexity index is 989. The van der Waals surface area contributed by atoms with Crippen LogP contribution in [0.2, 0.25) is 0 Å². The number of benzene rings is 1. The minimum Gasteiger partial charge on any atom is -0.369 e. The summed E-state index contributed by atoms with van der Waals surface area (Å²) in [5, 5.41) is 7.13. The number of aromatic nitrogens is 2. The Morgan fingerprint density at radius 1 is 1.00 bits per heavy atom. The molecule has 0 saturated carbocycles. The van der Waals surface area contributed by atoms with E-state index in [0.717, 1.165) is 45.6 Å². The van der Waals surface area contributed by atoms with Crippen molar-refractivity contribution in [2.75, 3.05) is 37.6 Å². The van der Waals surface area contributed by atoms with E-state index in [0.29, 0.717) is 0 Å². The first-order valence-electron chi connectivity index (χ1n) is 11.5. The third-order valence-electron chi connectivity index (χ3n) is 6.14. The summed E-state index contributed by atoms with van der Waals surface area (Å²) < 4.78 is 2.21. The first kappa shape index (κ1) is 22.1. The van der Waals surface area contributed by atoms with Crippen molar-refractivity contribution in [1.82, 2.24) is 14.7 Å². The molecule has 31 heavy (non-hydrogen) atoms. The fourth-order valence-electron chi connectivity index (χ4n) is 4.52. The molecule has 1 aliphatic heterocycles. The zero-order valence-corrected chi connectivity index (χ0v) is 20.5. The fraction of sp³-hybridized carbons (Fsp3) is 0.500. The van der Waals surface area contributed by atoms with E-state index >= 15 is 0 Å². The van der Waals surface area contributed by atoms with Crippen LogP contribution in [-0.2, 0) is 12.0 Å². The van der Waals surface area contributed by atoms with E-state index < -0.39 is 0 Å². The monoisotopic (exact) mass is 436 g/mol. The molecule has 1 saturated heterocycles. The summed E-state index contributed by atoms with van der Waals surface area (Å²) in [6.45, 7) is 16.8. The summed E-state index contributed by atoms with van der Waals surface area (Å²) in [5.74, 6) is 0. The van der Waals surface area contributed by atoms with Crippen molar-refractivity contribution in [3.05, 3.63) is 58.6 Å². The first-order chi connectivity index (χ1) is 14.8. The zero-order valence-electron chi connectivity index (χ0n) is 19.7. The molecule has 2 aromatic heterocycles. The number of aryl methyl sites for hydroxylation is 3. The van der Waals surface area contributed by atoms with E-state index in [-0.39, 0.29) is 5.54 Å². The highest BCUT2D eigenvalue weighted by atomic mass is 32.1. The predicted octanol–water partition coefficient (Wildman–Crippen LogP) is 5.74. The second kappa shape index (κ2) is 9.17. The molecule has 166 valence electrons. The van der Waals surface area contributed by atoms with Gasteiger partial charge in [-0.05, 0) is 83.1 Å². The topological polar surface area (TPSA) is 24.3 Å². The standard InChI is InChI=1S/C26H36N4S/c1-20-10-11-23(21(2)18-20)29-15-13-28(14-16-29)12-6-8-22-19-24(25-9-7-17-31-25)30(27-22)26(3,4)5/h7,9-11,17-19H,6,8,12-16H2,1-5H3. The number of thiophene rings is 1. The van der Waals surface area contributed by atoms with Gasteiger partial charge < -0.3 is 4.90 Å². The summed E-state index contributed by atoms with van der Waals surface area (Å²) >= 11 is 1.79. The van der Waals surface area contributed by atoms with E-state index in [1.54, 1.807) is 11.3 Å². The minimum atomic E-state index is -0.0119. The van der Waals surface area contributed by atoms with Crippen LogP contribution in [0.5, 0.6) is 0 Å². The Labute approximate surface area is 191 Å². The molecule has 0 atom stereocenters. The highest BCUT2D eigenvalue weighted by molar-refractivity contribution is 7.13. The molecule has 0 N–H and O–H groups in total. The van der Waals surface area contributed by atoms with E-state index in [2.05, 4.69) is 90.9 Å². The van der Waals surface area contributed by atoms with Crippen molar-refractivity contribution in [3.8, 4) is 10.6 Å². The Kier molecular flexibility index (Phi) is 6.54. The van der Waals surface area contributed by atoms with Crippen LogP contribution in [0.4, 0.5) is 5.69 Å². The van der Waals surface area contributed by atoms with E-state index in [1.165, 1.54) is 33.1 Å². The summed E-state index contributed by atoms with van der Waals surface area (Å²) in [5.41, 5.74) is 6.59. The molecule has 1 fully saturated rings. The molecular weight excluding hydrogens is 400 g/mol. The van der Waals surface area contributed by atoms with Crippen LogP contribution in [-0.4, -0.2) is 47.4 Å². The van der Waals surface area contributed by atoms with Crippen molar-refractivity contribution in [3.63, 3.8) is 0 Å². The van der Waals surface area contributed by atoms with Crippen molar-refractivity contribution in [2.24, 2.45) is 0 Å². The molecule has 1 aromatic carbocycles. The van der Waals surface area contributed by atoms with Gasteiger partial charge in [-0.25, -0.2) is 0 Å². The average molecular weight is 437 g/mol. The molecule has 0 aliphatic carbocycles. The van der Waals surface area contributed by atoms with Gasteiger partial charge in [0.1, 0.15) is 0 Å². The van der Waals surface area contributed by atoms with Gasteiger partial charge in [0.15, 0.2) is 0 Å². The van der Waals surface area contributed by atoms with E-state index in [1.807, 2.05) is 0 Å². The average Bonchev–Trinajstić information content (AvgIpc) is 3.38. The highest BCUT2D eigenvalue weighted by Gasteiger charge is 2.22. The molecule has 0 amide bonds. The Morgan fingerprint density at radius 2 is 1.77 bits per heavy atom. The lowest BCUT2D eigenvalue weighted by Gasteiger charge is -2.37. The van der Waals surface area contributed by atoms with Gasteiger partial charge in [-0.2, -0.15) is 5.10 Å². The maximum Gasteiger partial charge on any atom is 0.0791 e. The second-order valence-corrected chi connectivity index (χ2v) is 10.8. The zero-order chi connectivity index (χ0) is 22.0. The van der Waals surface area contributed by atoms with Gasteiger partial charge in [-0.3, -0.25) is 9.58 Å². The normalized spacial score (nSPS) is 15.6. The minimum absolute atomic E-state index is 0.0119. The lowest BCUT2D eigenvalue weighted by molar-refractivity contribution is 0.254. The second-order valence-electron chi connectivity index (χ2n) is 9.80. The van der Waals surface area contributed by atoms with E-state index in [9.17, 15) is 0 Å². The summed E-state index contributed by atoms with van der Waals surface area (Å²) in [6.07, 6.45) is 2.20. The van der Waals surface area contributed by atoms with Crippen LogP contribution in [0.3, 0.4) is 0 Å². The van der Waals surface area contributed by atoms with Crippen LogP contribution in [0.15, 0.2) is 41.8 Å².